The van der Waals surface area contributed by atoms with E-state index in [-0.39, 0.29) is 15.9 Å². The predicted molar refractivity (Wildman–Crippen MR) is 142 cm³/mol. The summed E-state index contributed by atoms with van der Waals surface area (Å²) in [7, 11) is -1.82. The summed E-state index contributed by atoms with van der Waals surface area (Å²) in [5, 5.41) is 8.87. The van der Waals surface area contributed by atoms with Gasteiger partial charge in [0.2, 0.25) is 10.0 Å². The monoisotopic (exact) mass is 552 g/mol. The standard InChI is InChI=1S/C24H30Cl2N6O3S/c1-5-32-23(17(3)29-36(33,34)22-13-16(2)20(25)15-21(22)26)27-28-24(32)35-19-8-6-7-18(14-19)31-11-9-30(4)10-12-31/h6-8,13-15,17,29H,5,9-12H2,1-4H3/t17-/m1/s1. The fraction of sp³-hybridized carbons (Fsp3) is 0.417. The van der Waals surface area contributed by atoms with Gasteiger partial charge in [-0.05, 0) is 57.6 Å². The van der Waals surface area contributed by atoms with E-state index in [1.165, 1.54) is 12.1 Å². The first-order valence-corrected chi connectivity index (χ1v) is 14.0. The summed E-state index contributed by atoms with van der Waals surface area (Å²) in [6.07, 6.45) is 0. The van der Waals surface area contributed by atoms with Crippen LogP contribution in [0, 0.1) is 6.92 Å². The van der Waals surface area contributed by atoms with Gasteiger partial charge in [0.25, 0.3) is 0 Å². The number of rotatable bonds is 8. The molecule has 0 aliphatic carbocycles. The topological polar surface area (TPSA) is 92.6 Å². The SMILES string of the molecule is CCn1c(Oc2cccc(N3CCN(C)CC3)c2)nnc1[C@@H](C)NS(=O)(=O)c1cc(C)c(Cl)cc1Cl. The normalized spacial score (nSPS) is 15.8. The fourth-order valence-corrected chi connectivity index (χ4v) is 6.13. The van der Waals surface area contributed by atoms with Gasteiger partial charge in [-0.25, -0.2) is 13.1 Å². The Morgan fingerprint density at radius 1 is 1.08 bits per heavy atom. The van der Waals surface area contributed by atoms with Gasteiger partial charge in [-0.2, -0.15) is 0 Å². The van der Waals surface area contributed by atoms with Crippen molar-refractivity contribution in [1.29, 1.82) is 0 Å². The molecule has 12 heteroatoms. The highest BCUT2D eigenvalue weighted by atomic mass is 35.5. The van der Waals surface area contributed by atoms with Crippen molar-refractivity contribution in [2.24, 2.45) is 0 Å². The van der Waals surface area contributed by atoms with E-state index in [9.17, 15) is 8.42 Å². The molecule has 1 atom stereocenters. The molecule has 2 aromatic carbocycles. The van der Waals surface area contributed by atoms with Gasteiger partial charge < -0.3 is 14.5 Å². The van der Waals surface area contributed by atoms with Crippen molar-refractivity contribution in [3.8, 4) is 11.8 Å². The molecule has 2 heterocycles. The average molecular weight is 554 g/mol. The largest absolute Gasteiger partial charge is 0.424 e. The lowest BCUT2D eigenvalue weighted by atomic mass is 10.2. The van der Waals surface area contributed by atoms with Crippen molar-refractivity contribution in [2.75, 3.05) is 38.1 Å². The lowest BCUT2D eigenvalue weighted by Crippen LogP contribution is -2.44. The molecule has 0 saturated carbocycles. The number of aromatic nitrogens is 3. The molecule has 0 spiro atoms. The molecule has 1 aromatic heterocycles. The van der Waals surface area contributed by atoms with E-state index in [1.807, 2.05) is 25.1 Å². The van der Waals surface area contributed by atoms with E-state index in [1.54, 1.807) is 18.4 Å². The van der Waals surface area contributed by atoms with Crippen LogP contribution in [0.5, 0.6) is 11.8 Å². The van der Waals surface area contributed by atoms with Crippen LogP contribution in [0.2, 0.25) is 10.0 Å². The number of ether oxygens (including phenoxy) is 1. The van der Waals surface area contributed by atoms with E-state index in [2.05, 4.69) is 37.8 Å². The summed E-state index contributed by atoms with van der Waals surface area (Å²) < 4.78 is 36.6. The fourth-order valence-electron chi connectivity index (χ4n) is 4.09. The predicted octanol–water partition coefficient (Wildman–Crippen LogP) is 4.50. The van der Waals surface area contributed by atoms with E-state index < -0.39 is 16.1 Å². The molecule has 0 unspecified atom stereocenters. The summed E-state index contributed by atoms with van der Waals surface area (Å²) in [6.45, 7) is 9.73. The average Bonchev–Trinajstić information content (AvgIpc) is 3.24. The molecule has 1 aliphatic rings. The number of nitrogens with zero attached hydrogens (tertiary/aromatic N) is 5. The minimum atomic E-state index is -3.95. The van der Waals surface area contributed by atoms with Crippen molar-refractivity contribution in [3.05, 3.63) is 57.8 Å². The summed E-state index contributed by atoms with van der Waals surface area (Å²) in [5.41, 5.74) is 1.69. The van der Waals surface area contributed by atoms with Crippen molar-refractivity contribution >= 4 is 38.9 Å². The van der Waals surface area contributed by atoms with Crippen molar-refractivity contribution in [2.45, 2.75) is 38.3 Å². The van der Waals surface area contributed by atoms with Crippen LogP contribution < -0.4 is 14.4 Å². The Hall–Kier alpha value is -2.37. The molecule has 1 aliphatic heterocycles. The van der Waals surface area contributed by atoms with Crippen LogP contribution in [0.25, 0.3) is 0 Å². The maximum Gasteiger partial charge on any atom is 0.322 e. The molecule has 0 amide bonds. The van der Waals surface area contributed by atoms with Crippen LogP contribution in [-0.4, -0.2) is 61.3 Å². The number of aryl methyl sites for hydroxylation is 1. The zero-order valence-electron chi connectivity index (χ0n) is 20.7. The lowest BCUT2D eigenvalue weighted by Gasteiger charge is -2.34. The Morgan fingerprint density at radius 3 is 2.50 bits per heavy atom. The van der Waals surface area contributed by atoms with Crippen LogP contribution in [0.15, 0.2) is 41.3 Å². The molecule has 1 N–H and O–H groups in total. The van der Waals surface area contributed by atoms with E-state index in [4.69, 9.17) is 27.9 Å². The number of benzene rings is 2. The Labute approximate surface area is 222 Å². The smallest absolute Gasteiger partial charge is 0.322 e. The zero-order chi connectivity index (χ0) is 26.0. The summed E-state index contributed by atoms with van der Waals surface area (Å²) >= 11 is 12.2. The second-order valence-electron chi connectivity index (χ2n) is 8.85. The molecular weight excluding hydrogens is 523 g/mol. The zero-order valence-corrected chi connectivity index (χ0v) is 23.0. The Balaban J connectivity index is 1.53. The van der Waals surface area contributed by atoms with Gasteiger partial charge in [-0.1, -0.05) is 34.4 Å². The first-order chi connectivity index (χ1) is 17.1. The Morgan fingerprint density at radius 2 is 1.81 bits per heavy atom. The molecule has 194 valence electrons. The molecule has 1 saturated heterocycles. The van der Waals surface area contributed by atoms with Crippen molar-refractivity contribution in [1.82, 2.24) is 24.4 Å². The second-order valence-corrected chi connectivity index (χ2v) is 11.3. The van der Waals surface area contributed by atoms with E-state index >= 15 is 0 Å². The van der Waals surface area contributed by atoms with Crippen molar-refractivity contribution < 1.29 is 13.2 Å². The van der Waals surface area contributed by atoms with Crippen molar-refractivity contribution in [3.63, 3.8) is 0 Å². The third kappa shape index (κ3) is 5.78. The number of anilines is 1. The van der Waals surface area contributed by atoms with Gasteiger partial charge in [0.1, 0.15) is 10.6 Å². The number of hydrogen-bond acceptors (Lipinski definition) is 7. The van der Waals surface area contributed by atoms with E-state index in [0.717, 1.165) is 31.9 Å². The minimum absolute atomic E-state index is 0.0438. The van der Waals surface area contributed by atoms with Gasteiger partial charge in [0, 0.05) is 49.5 Å². The number of piperazine rings is 1. The molecule has 0 bridgehead atoms. The van der Waals surface area contributed by atoms with Gasteiger partial charge in [0.05, 0.1) is 11.1 Å². The van der Waals surface area contributed by atoms with Gasteiger partial charge >= 0.3 is 6.01 Å². The van der Waals surface area contributed by atoms with Crippen LogP contribution in [0.1, 0.15) is 31.3 Å². The number of sulfonamides is 1. The highest BCUT2D eigenvalue weighted by molar-refractivity contribution is 7.89. The third-order valence-corrected chi connectivity index (χ3v) is 8.59. The van der Waals surface area contributed by atoms with Crippen LogP contribution in [-0.2, 0) is 16.6 Å². The number of halogens is 2. The summed E-state index contributed by atoms with van der Waals surface area (Å²) in [4.78, 5) is 4.58. The third-order valence-electron chi connectivity index (χ3n) is 6.18. The molecule has 0 radical (unpaired) electrons. The minimum Gasteiger partial charge on any atom is -0.424 e. The molecule has 9 nitrogen and oxygen atoms in total. The Kier molecular flexibility index (Phi) is 8.11. The Bertz CT molecular complexity index is 1340. The van der Waals surface area contributed by atoms with Gasteiger partial charge in [0.15, 0.2) is 5.82 Å². The maximum absolute atomic E-state index is 13.1. The summed E-state index contributed by atoms with van der Waals surface area (Å²) in [6, 6.07) is 10.3. The van der Waals surface area contributed by atoms with E-state index in [0.29, 0.717) is 28.7 Å². The van der Waals surface area contributed by atoms with Crippen LogP contribution >= 0.6 is 23.2 Å². The summed E-state index contributed by atoms with van der Waals surface area (Å²) in [5.74, 6) is 1.06. The van der Waals surface area contributed by atoms with Gasteiger partial charge in [-0.3, -0.25) is 4.57 Å². The molecular formula is C24H30Cl2N6O3S. The number of hydrogen-bond donors (Lipinski definition) is 1. The van der Waals surface area contributed by atoms with Crippen LogP contribution in [0.3, 0.4) is 0 Å². The van der Waals surface area contributed by atoms with Crippen LogP contribution in [0.4, 0.5) is 5.69 Å². The molecule has 36 heavy (non-hydrogen) atoms. The number of likely N-dealkylation sites (N-methyl/N-ethyl adjacent to an activating group) is 1. The van der Waals surface area contributed by atoms with Gasteiger partial charge in [-0.15, -0.1) is 5.10 Å². The lowest BCUT2D eigenvalue weighted by molar-refractivity contribution is 0.312. The molecule has 3 aromatic rings. The number of nitrogens with one attached hydrogen (secondary N) is 1. The molecule has 1 fully saturated rings. The molecule has 4 rings (SSSR count). The first kappa shape index (κ1) is 26.7. The maximum atomic E-state index is 13.1. The second kappa shape index (κ2) is 10.9. The highest BCUT2D eigenvalue weighted by Crippen LogP contribution is 2.30. The quantitative estimate of drug-likeness (QED) is 0.439. The highest BCUT2D eigenvalue weighted by Gasteiger charge is 2.26. The first-order valence-electron chi connectivity index (χ1n) is 11.7.